The molecular formula is C14H14N2OS. The van der Waals surface area contributed by atoms with Crippen molar-refractivity contribution in [2.45, 2.75) is 19.4 Å². The van der Waals surface area contributed by atoms with Gasteiger partial charge in [0, 0.05) is 30.4 Å². The molecule has 1 fully saturated rings. The van der Waals surface area contributed by atoms with Crippen LogP contribution >= 0.6 is 11.3 Å². The molecule has 1 amide bonds. The summed E-state index contributed by atoms with van der Waals surface area (Å²) < 4.78 is 0. The summed E-state index contributed by atoms with van der Waals surface area (Å²) in [5.41, 5.74) is 3.34. The zero-order chi connectivity index (χ0) is 12.4. The molecule has 18 heavy (non-hydrogen) atoms. The smallest absolute Gasteiger partial charge is 0.223 e. The molecule has 0 atom stereocenters. The first-order valence-corrected chi connectivity index (χ1v) is 7.01. The average Bonchev–Trinajstić information content (AvgIpc) is 3.11. The molecule has 0 saturated heterocycles. The van der Waals surface area contributed by atoms with Crippen molar-refractivity contribution >= 4 is 17.2 Å². The maximum Gasteiger partial charge on any atom is 0.223 e. The predicted molar refractivity (Wildman–Crippen MR) is 72.1 cm³/mol. The average molecular weight is 258 g/mol. The van der Waals surface area contributed by atoms with Crippen LogP contribution in [0.4, 0.5) is 0 Å². The Hall–Kier alpha value is -1.68. The van der Waals surface area contributed by atoms with Gasteiger partial charge in [-0.2, -0.15) is 11.3 Å². The van der Waals surface area contributed by atoms with Gasteiger partial charge in [-0.3, -0.25) is 9.78 Å². The first-order chi connectivity index (χ1) is 8.83. The lowest BCUT2D eigenvalue weighted by Crippen LogP contribution is -2.24. The highest BCUT2D eigenvalue weighted by molar-refractivity contribution is 7.08. The molecule has 1 N–H and O–H groups in total. The Kier molecular flexibility index (Phi) is 3.11. The highest BCUT2D eigenvalue weighted by atomic mass is 32.1. The fourth-order valence-electron chi connectivity index (χ4n) is 1.85. The fraction of sp³-hybridized carbons (Fsp3) is 0.286. The fourth-order valence-corrected chi connectivity index (χ4v) is 2.51. The van der Waals surface area contributed by atoms with Crippen molar-refractivity contribution in [2.24, 2.45) is 5.92 Å². The van der Waals surface area contributed by atoms with Crippen molar-refractivity contribution in [1.29, 1.82) is 0 Å². The van der Waals surface area contributed by atoms with E-state index in [0.29, 0.717) is 6.54 Å². The second-order valence-corrected chi connectivity index (χ2v) is 5.37. The molecule has 92 valence electrons. The molecule has 0 radical (unpaired) electrons. The molecular weight excluding hydrogens is 244 g/mol. The van der Waals surface area contributed by atoms with E-state index in [2.05, 4.69) is 33.2 Å². The van der Waals surface area contributed by atoms with E-state index in [1.54, 1.807) is 11.3 Å². The number of nitrogens with one attached hydrogen (secondary N) is 1. The van der Waals surface area contributed by atoms with E-state index in [0.717, 1.165) is 24.0 Å². The Labute approximate surface area is 110 Å². The summed E-state index contributed by atoms with van der Waals surface area (Å²) in [6, 6.07) is 4.16. The minimum atomic E-state index is 0.177. The van der Waals surface area contributed by atoms with Crippen LogP contribution in [0.1, 0.15) is 18.4 Å². The summed E-state index contributed by atoms with van der Waals surface area (Å²) in [5.74, 6) is 0.439. The van der Waals surface area contributed by atoms with Crippen LogP contribution in [-0.4, -0.2) is 10.9 Å². The first-order valence-electron chi connectivity index (χ1n) is 6.07. The van der Waals surface area contributed by atoms with E-state index in [9.17, 15) is 4.79 Å². The van der Waals surface area contributed by atoms with Gasteiger partial charge in [-0.15, -0.1) is 0 Å². The predicted octanol–water partition coefficient (Wildman–Crippen LogP) is 2.84. The van der Waals surface area contributed by atoms with Gasteiger partial charge in [0.25, 0.3) is 0 Å². The molecule has 1 aliphatic carbocycles. The lowest BCUT2D eigenvalue weighted by Gasteiger charge is -2.05. The van der Waals surface area contributed by atoms with Gasteiger partial charge in [-0.05, 0) is 46.9 Å². The second-order valence-electron chi connectivity index (χ2n) is 4.59. The van der Waals surface area contributed by atoms with E-state index >= 15 is 0 Å². The summed E-state index contributed by atoms with van der Waals surface area (Å²) in [6.45, 7) is 0.570. The van der Waals surface area contributed by atoms with Crippen LogP contribution in [-0.2, 0) is 11.3 Å². The Morgan fingerprint density at radius 1 is 1.39 bits per heavy atom. The lowest BCUT2D eigenvalue weighted by atomic mass is 10.1. The molecule has 2 aromatic rings. The second kappa shape index (κ2) is 4.90. The maximum atomic E-state index is 11.6. The van der Waals surface area contributed by atoms with Gasteiger partial charge in [0.1, 0.15) is 0 Å². The quantitative estimate of drug-likeness (QED) is 0.916. The van der Waals surface area contributed by atoms with Gasteiger partial charge in [0.2, 0.25) is 5.91 Å². The van der Waals surface area contributed by atoms with Crippen LogP contribution in [0, 0.1) is 5.92 Å². The summed E-state index contributed by atoms with van der Waals surface area (Å²) >= 11 is 1.67. The summed E-state index contributed by atoms with van der Waals surface area (Å²) in [6.07, 6.45) is 5.75. The van der Waals surface area contributed by atoms with E-state index in [4.69, 9.17) is 0 Å². The molecule has 2 heterocycles. The number of aromatic nitrogens is 1. The monoisotopic (exact) mass is 258 g/mol. The van der Waals surface area contributed by atoms with Crippen LogP contribution < -0.4 is 5.32 Å². The maximum absolute atomic E-state index is 11.6. The largest absolute Gasteiger partial charge is 0.352 e. The zero-order valence-corrected chi connectivity index (χ0v) is 10.7. The first kappa shape index (κ1) is 11.4. The summed E-state index contributed by atoms with van der Waals surface area (Å²) in [5, 5.41) is 7.11. The molecule has 4 heteroatoms. The van der Waals surface area contributed by atoms with Gasteiger partial charge >= 0.3 is 0 Å². The number of pyridine rings is 1. The molecule has 0 bridgehead atoms. The van der Waals surface area contributed by atoms with Crippen LogP contribution in [0.15, 0.2) is 35.3 Å². The van der Waals surface area contributed by atoms with Crippen molar-refractivity contribution in [3.8, 4) is 11.1 Å². The molecule has 1 saturated carbocycles. The molecule has 2 aromatic heterocycles. The molecule has 3 nitrogen and oxygen atoms in total. The molecule has 0 aromatic carbocycles. The van der Waals surface area contributed by atoms with Gasteiger partial charge in [-0.25, -0.2) is 0 Å². The van der Waals surface area contributed by atoms with Gasteiger partial charge in [0.15, 0.2) is 0 Å². The number of amides is 1. The van der Waals surface area contributed by atoms with E-state index in [1.165, 1.54) is 5.56 Å². The highest BCUT2D eigenvalue weighted by Gasteiger charge is 2.29. The third-order valence-corrected chi connectivity index (χ3v) is 3.75. The van der Waals surface area contributed by atoms with Crippen molar-refractivity contribution in [3.05, 3.63) is 40.8 Å². The van der Waals surface area contributed by atoms with Gasteiger partial charge in [0.05, 0.1) is 0 Å². The Morgan fingerprint density at radius 2 is 2.28 bits per heavy atom. The molecule has 1 aliphatic rings. The number of rotatable bonds is 4. The molecule has 0 unspecified atom stereocenters. The van der Waals surface area contributed by atoms with Crippen molar-refractivity contribution in [2.75, 3.05) is 0 Å². The molecule has 0 aliphatic heterocycles. The number of hydrogen-bond donors (Lipinski definition) is 1. The number of hydrogen-bond acceptors (Lipinski definition) is 3. The third kappa shape index (κ3) is 2.59. The van der Waals surface area contributed by atoms with E-state index in [-0.39, 0.29) is 11.8 Å². The van der Waals surface area contributed by atoms with E-state index in [1.807, 2.05) is 12.4 Å². The van der Waals surface area contributed by atoms with Gasteiger partial charge < -0.3 is 5.32 Å². The summed E-state index contributed by atoms with van der Waals surface area (Å²) in [7, 11) is 0. The van der Waals surface area contributed by atoms with Crippen molar-refractivity contribution < 1.29 is 4.79 Å². The Bertz CT molecular complexity index is 547. The van der Waals surface area contributed by atoms with Crippen LogP contribution in [0.2, 0.25) is 0 Å². The highest BCUT2D eigenvalue weighted by Crippen LogP contribution is 2.29. The number of nitrogens with zero attached hydrogens (tertiary/aromatic N) is 1. The van der Waals surface area contributed by atoms with E-state index < -0.39 is 0 Å². The normalized spacial score (nSPS) is 14.4. The minimum Gasteiger partial charge on any atom is -0.352 e. The summed E-state index contributed by atoms with van der Waals surface area (Å²) in [4.78, 5) is 15.8. The number of thiophene rings is 1. The topological polar surface area (TPSA) is 42.0 Å². The zero-order valence-electron chi connectivity index (χ0n) is 9.93. The van der Waals surface area contributed by atoms with Crippen molar-refractivity contribution in [3.63, 3.8) is 0 Å². The van der Waals surface area contributed by atoms with Crippen LogP contribution in [0.3, 0.4) is 0 Å². The standard InChI is InChI=1S/C14H14N2OS/c17-14(11-1-2-11)16-7-10-5-13(8-15-6-10)12-3-4-18-9-12/h3-6,8-9,11H,1-2,7H2,(H,16,17). The third-order valence-electron chi connectivity index (χ3n) is 3.06. The SMILES string of the molecule is O=C(NCc1cncc(-c2ccsc2)c1)C1CC1. The van der Waals surface area contributed by atoms with Crippen molar-refractivity contribution in [1.82, 2.24) is 10.3 Å². The minimum absolute atomic E-state index is 0.177. The lowest BCUT2D eigenvalue weighted by molar-refractivity contribution is -0.122. The van der Waals surface area contributed by atoms with Gasteiger partial charge in [-0.1, -0.05) is 0 Å². The molecule has 0 spiro atoms. The Balaban J connectivity index is 1.69. The molecule has 3 rings (SSSR count). The Morgan fingerprint density at radius 3 is 3.00 bits per heavy atom. The number of carbonyl (C=O) groups is 1. The van der Waals surface area contributed by atoms with Crippen LogP contribution in [0.5, 0.6) is 0 Å². The van der Waals surface area contributed by atoms with Crippen LogP contribution in [0.25, 0.3) is 11.1 Å². The number of carbonyl (C=O) groups excluding carboxylic acids is 1.